The van der Waals surface area contributed by atoms with Crippen LogP contribution in [0.25, 0.3) is 16.2 Å². The number of hydrogen-bond acceptors (Lipinski definition) is 3. The van der Waals surface area contributed by atoms with Gasteiger partial charge in [-0.15, -0.1) is 11.3 Å². The largest absolute Gasteiger partial charge is 0.302 e. The van der Waals surface area contributed by atoms with Crippen LogP contribution >= 0.6 is 11.3 Å². The van der Waals surface area contributed by atoms with Gasteiger partial charge in [0.1, 0.15) is 11.3 Å². The third-order valence-corrected chi connectivity index (χ3v) is 3.82. The zero-order valence-electron chi connectivity index (χ0n) is 9.92. The molecule has 0 atom stereocenters. The Hall–Kier alpha value is -2.12. The third kappa shape index (κ3) is 1.60. The Morgan fingerprint density at radius 1 is 1.39 bits per heavy atom. The molecule has 0 aliphatic carbocycles. The minimum atomic E-state index is 0.373. The number of aromatic nitrogens is 2. The quantitative estimate of drug-likeness (QED) is 0.702. The summed E-state index contributed by atoms with van der Waals surface area (Å²) < 4.78 is 2.02. The predicted octanol–water partition coefficient (Wildman–Crippen LogP) is 3.44. The van der Waals surface area contributed by atoms with Crippen molar-refractivity contribution in [2.75, 3.05) is 0 Å². The van der Waals surface area contributed by atoms with E-state index in [-0.39, 0.29) is 0 Å². The van der Waals surface area contributed by atoms with Crippen molar-refractivity contribution in [3.63, 3.8) is 0 Å². The average Bonchev–Trinajstić information content (AvgIpc) is 2.98. The first kappa shape index (κ1) is 11.0. The fourth-order valence-electron chi connectivity index (χ4n) is 2.11. The van der Waals surface area contributed by atoms with Gasteiger partial charge in [-0.2, -0.15) is 5.26 Å². The van der Waals surface area contributed by atoms with Crippen molar-refractivity contribution >= 4 is 17.0 Å². The highest BCUT2D eigenvalue weighted by molar-refractivity contribution is 7.13. The highest BCUT2D eigenvalue weighted by Crippen LogP contribution is 2.29. The van der Waals surface area contributed by atoms with E-state index in [0.29, 0.717) is 6.42 Å². The van der Waals surface area contributed by atoms with Crippen LogP contribution in [-0.2, 0) is 6.42 Å². The smallest absolute Gasteiger partial charge is 0.140 e. The lowest BCUT2D eigenvalue weighted by Gasteiger charge is -1.99. The number of rotatable bonds is 2. The van der Waals surface area contributed by atoms with Crippen LogP contribution in [0.4, 0.5) is 0 Å². The van der Waals surface area contributed by atoms with Crippen molar-refractivity contribution in [3.8, 4) is 16.6 Å². The van der Waals surface area contributed by atoms with E-state index in [1.807, 2.05) is 47.2 Å². The van der Waals surface area contributed by atoms with E-state index < -0.39 is 0 Å². The Morgan fingerprint density at radius 3 is 3.00 bits per heavy atom. The van der Waals surface area contributed by atoms with Gasteiger partial charge in [-0.3, -0.25) is 0 Å². The number of imidazole rings is 1. The van der Waals surface area contributed by atoms with Crippen LogP contribution < -0.4 is 0 Å². The highest BCUT2D eigenvalue weighted by atomic mass is 32.1. The number of aryl methyl sites for hydroxylation is 1. The topological polar surface area (TPSA) is 41.1 Å². The monoisotopic (exact) mass is 253 g/mol. The maximum Gasteiger partial charge on any atom is 0.140 e. The SMILES string of the molecule is Cc1cccn2c(CC#N)c(-c3cccs3)nc12. The predicted molar refractivity (Wildman–Crippen MR) is 72.6 cm³/mol. The van der Waals surface area contributed by atoms with Crippen LogP contribution in [0.2, 0.25) is 0 Å². The Morgan fingerprint density at radius 2 is 2.28 bits per heavy atom. The molecule has 0 saturated carbocycles. The van der Waals surface area contributed by atoms with Crippen LogP contribution in [0.5, 0.6) is 0 Å². The number of hydrogen-bond donors (Lipinski definition) is 0. The van der Waals surface area contributed by atoms with Gasteiger partial charge in [0.15, 0.2) is 0 Å². The number of nitriles is 1. The van der Waals surface area contributed by atoms with Gasteiger partial charge in [-0.05, 0) is 30.0 Å². The average molecular weight is 253 g/mol. The molecule has 3 rings (SSSR count). The van der Waals surface area contributed by atoms with Gasteiger partial charge < -0.3 is 4.40 Å². The minimum absolute atomic E-state index is 0.373. The fraction of sp³-hybridized carbons (Fsp3) is 0.143. The second kappa shape index (κ2) is 4.28. The molecule has 0 spiro atoms. The van der Waals surface area contributed by atoms with Crippen molar-refractivity contribution < 1.29 is 0 Å². The van der Waals surface area contributed by atoms with Crippen LogP contribution in [0.15, 0.2) is 35.8 Å². The minimum Gasteiger partial charge on any atom is -0.302 e. The summed E-state index contributed by atoms with van der Waals surface area (Å²) in [6, 6.07) is 10.3. The zero-order chi connectivity index (χ0) is 12.5. The summed E-state index contributed by atoms with van der Waals surface area (Å²) in [5.74, 6) is 0. The highest BCUT2D eigenvalue weighted by Gasteiger charge is 2.15. The molecule has 0 saturated heterocycles. The second-order valence-corrected chi connectivity index (χ2v) is 5.05. The van der Waals surface area contributed by atoms with E-state index in [2.05, 4.69) is 6.07 Å². The molecule has 3 nitrogen and oxygen atoms in total. The molecular formula is C14H11N3S. The standard InChI is InChI=1S/C14H11N3S/c1-10-4-2-8-17-11(6-7-15)13(16-14(10)17)12-5-3-9-18-12/h2-5,8-9H,6H2,1H3. The zero-order valence-corrected chi connectivity index (χ0v) is 10.7. The molecule has 4 heteroatoms. The van der Waals surface area contributed by atoms with Gasteiger partial charge in [0, 0.05) is 6.20 Å². The van der Waals surface area contributed by atoms with Crippen molar-refractivity contribution in [2.45, 2.75) is 13.3 Å². The molecule has 0 aliphatic rings. The molecule has 0 radical (unpaired) electrons. The van der Waals surface area contributed by atoms with E-state index in [1.54, 1.807) is 11.3 Å². The normalized spacial score (nSPS) is 10.7. The van der Waals surface area contributed by atoms with Gasteiger partial charge in [0.05, 0.1) is 23.1 Å². The first-order valence-electron chi connectivity index (χ1n) is 5.68. The van der Waals surface area contributed by atoms with Crippen LogP contribution in [0.3, 0.4) is 0 Å². The molecule has 3 aromatic rings. The summed E-state index contributed by atoms with van der Waals surface area (Å²) >= 11 is 1.65. The van der Waals surface area contributed by atoms with Gasteiger partial charge >= 0.3 is 0 Å². The number of pyridine rings is 1. The molecule has 0 aliphatic heterocycles. The van der Waals surface area contributed by atoms with Gasteiger partial charge in [-0.1, -0.05) is 12.1 Å². The molecule has 88 valence electrons. The second-order valence-electron chi connectivity index (χ2n) is 4.10. The molecule has 3 heterocycles. The van der Waals surface area contributed by atoms with Crippen LogP contribution in [0.1, 0.15) is 11.3 Å². The molecule has 0 N–H and O–H groups in total. The summed E-state index contributed by atoms with van der Waals surface area (Å²) in [7, 11) is 0. The number of thiophene rings is 1. The molecule has 0 fully saturated rings. The lowest BCUT2D eigenvalue weighted by atomic mass is 10.2. The summed E-state index contributed by atoms with van der Waals surface area (Å²) in [5, 5.41) is 11.0. The molecule has 3 aromatic heterocycles. The van der Waals surface area contributed by atoms with E-state index in [1.165, 1.54) is 0 Å². The lowest BCUT2D eigenvalue weighted by Crippen LogP contribution is -1.93. The van der Waals surface area contributed by atoms with Crippen molar-refractivity contribution in [2.24, 2.45) is 0 Å². The van der Waals surface area contributed by atoms with Crippen molar-refractivity contribution in [1.82, 2.24) is 9.38 Å². The Bertz CT molecular complexity index is 732. The third-order valence-electron chi connectivity index (χ3n) is 2.95. The molecule has 0 unspecified atom stereocenters. The van der Waals surface area contributed by atoms with Crippen molar-refractivity contribution in [3.05, 3.63) is 47.1 Å². The summed E-state index contributed by atoms with van der Waals surface area (Å²) in [4.78, 5) is 5.81. The molecule has 0 amide bonds. The van der Waals surface area contributed by atoms with Gasteiger partial charge in [0.2, 0.25) is 0 Å². The summed E-state index contributed by atoms with van der Waals surface area (Å²) in [5.41, 5.74) is 3.96. The van der Waals surface area contributed by atoms with Crippen LogP contribution in [-0.4, -0.2) is 9.38 Å². The summed E-state index contributed by atoms with van der Waals surface area (Å²) in [6.07, 6.45) is 2.34. The van der Waals surface area contributed by atoms with E-state index in [9.17, 15) is 0 Å². The number of nitrogens with zero attached hydrogens (tertiary/aromatic N) is 3. The van der Waals surface area contributed by atoms with E-state index in [0.717, 1.165) is 27.5 Å². The Kier molecular flexibility index (Phi) is 2.62. The molecule has 0 bridgehead atoms. The van der Waals surface area contributed by atoms with E-state index >= 15 is 0 Å². The van der Waals surface area contributed by atoms with Crippen molar-refractivity contribution in [1.29, 1.82) is 5.26 Å². The van der Waals surface area contributed by atoms with Crippen LogP contribution in [0, 0.1) is 18.3 Å². The summed E-state index contributed by atoms with van der Waals surface area (Å²) in [6.45, 7) is 2.04. The first-order chi connectivity index (χ1) is 8.81. The maximum absolute atomic E-state index is 9.00. The van der Waals surface area contributed by atoms with E-state index in [4.69, 9.17) is 10.2 Å². The lowest BCUT2D eigenvalue weighted by molar-refractivity contribution is 1.05. The Labute approximate surface area is 109 Å². The maximum atomic E-state index is 9.00. The Balaban J connectivity index is 2.35. The number of fused-ring (bicyclic) bond motifs is 1. The molecule has 0 aromatic carbocycles. The van der Waals surface area contributed by atoms with Gasteiger partial charge in [-0.25, -0.2) is 4.98 Å². The first-order valence-corrected chi connectivity index (χ1v) is 6.56. The molecular weight excluding hydrogens is 242 g/mol. The fourth-order valence-corrected chi connectivity index (χ4v) is 2.84. The molecule has 18 heavy (non-hydrogen) atoms. The van der Waals surface area contributed by atoms with Gasteiger partial charge in [0.25, 0.3) is 0 Å².